The SMILES string of the molecule is Cc1cccc(-n2nc(SCC(=O)NC(C)(C)C)sc2=S)c1. The number of aromatic nitrogens is 2. The van der Waals surface area contributed by atoms with Gasteiger partial charge in [-0.25, -0.2) is 4.68 Å². The fourth-order valence-electron chi connectivity index (χ4n) is 1.82. The van der Waals surface area contributed by atoms with Crippen LogP contribution in [0.1, 0.15) is 26.3 Å². The Bertz CT molecular complexity index is 728. The van der Waals surface area contributed by atoms with Crippen LogP contribution in [0, 0.1) is 10.9 Å². The van der Waals surface area contributed by atoms with Crippen LogP contribution in [0.3, 0.4) is 0 Å². The second-order valence-electron chi connectivity index (χ2n) is 5.97. The van der Waals surface area contributed by atoms with E-state index in [-0.39, 0.29) is 11.4 Å². The zero-order chi connectivity index (χ0) is 16.3. The molecule has 0 aliphatic carbocycles. The number of benzene rings is 1. The van der Waals surface area contributed by atoms with Gasteiger partial charge in [-0.2, -0.15) is 0 Å². The van der Waals surface area contributed by atoms with Crippen molar-refractivity contribution in [2.24, 2.45) is 0 Å². The minimum absolute atomic E-state index is 0.000670. The number of nitrogens with zero attached hydrogens (tertiary/aromatic N) is 2. The van der Waals surface area contributed by atoms with Crippen molar-refractivity contribution in [1.82, 2.24) is 15.1 Å². The molecular formula is C15H19N3OS3. The quantitative estimate of drug-likeness (QED) is 0.667. The van der Waals surface area contributed by atoms with Crippen LogP contribution in [-0.4, -0.2) is 27.0 Å². The molecule has 7 heteroatoms. The Kier molecular flexibility index (Phi) is 5.41. The van der Waals surface area contributed by atoms with Gasteiger partial charge in [-0.05, 0) is 57.6 Å². The average Bonchev–Trinajstić information content (AvgIpc) is 2.76. The van der Waals surface area contributed by atoms with Crippen LogP contribution in [-0.2, 0) is 4.79 Å². The molecule has 1 aromatic heterocycles. The zero-order valence-corrected chi connectivity index (χ0v) is 15.5. The number of rotatable bonds is 4. The van der Waals surface area contributed by atoms with Crippen molar-refractivity contribution in [3.8, 4) is 5.69 Å². The van der Waals surface area contributed by atoms with Gasteiger partial charge in [0, 0.05) is 5.54 Å². The third kappa shape index (κ3) is 4.93. The summed E-state index contributed by atoms with van der Waals surface area (Å²) in [6, 6.07) is 8.03. The van der Waals surface area contributed by atoms with Gasteiger partial charge < -0.3 is 5.32 Å². The van der Waals surface area contributed by atoms with E-state index in [0.717, 1.165) is 15.6 Å². The molecule has 0 unspecified atom stereocenters. The molecule has 0 saturated heterocycles. The molecular weight excluding hydrogens is 334 g/mol. The number of thioether (sulfide) groups is 1. The molecule has 0 aliphatic heterocycles. The summed E-state index contributed by atoms with van der Waals surface area (Å²) in [5, 5.41) is 7.44. The molecule has 118 valence electrons. The van der Waals surface area contributed by atoms with E-state index in [1.807, 2.05) is 52.0 Å². The predicted octanol–water partition coefficient (Wildman–Crippen LogP) is 3.98. The first kappa shape index (κ1) is 17.2. The Morgan fingerprint density at radius 2 is 2.18 bits per heavy atom. The number of carbonyl (C=O) groups excluding carboxylic acids is 1. The molecule has 1 heterocycles. The van der Waals surface area contributed by atoms with E-state index in [1.165, 1.54) is 23.1 Å². The Morgan fingerprint density at radius 3 is 2.82 bits per heavy atom. The third-order valence-electron chi connectivity index (χ3n) is 2.62. The average molecular weight is 354 g/mol. The molecule has 0 aliphatic rings. The second-order valence-corrected chi connectivity index (χ2v) is 8.82. The van der Waals surface area contributed by atoms with Crippen LogP contribution in [0.25, 0.3) is 5.69 Å². The van der Waals surface area contributed by atoms with Crippen molar-refractivity contribution in [3.05, 3.63) is 33.8 Å². The minimum Gasteiger partial charge on any atom is -0.351 e. The topological polar surface area (TPSA) is 46.9 Å². The first-order valence-corrected chi connectivity index (χ1v) is 9.07. The van der Waals surface area contributed by atoms with Gasteiger partial charge in [0.25, 0.3) is 0 Å². The van der Waals surface area contributed by atoms with E-state index in [1.54, 1.807) is 4.68 Å². The highest BCUT2D eigenvalue weighted by molar-refractivity contribution is 8.01. The summed E-state index contributed by atoms with van der Waals surface area (Å²) in [7, 11) is 0. The standard InChI is InChI=1S/C15H19N3OS3/c1-10-6-5-7-11(8-10)18-14(20)22-13(17-18)21-9-12(19)16-15(2,3)4/h5-8H,9H2,1-4H3,(H,16,19). The maximum absolute atomic E-state index is 11.9. The van der Waals surface area contributed by atoms with Gasteiger partial charge in [0.15, 0.2) is 8.29 Å². The number of hydrogen-bond donors (Lipinski definition) is 1. The minimum atomic E-state index is -0.217. The smallest absolute Gasteiger partial charge is 0.230 e. The summed E-state index contributed by atoms with van der Waals surface area (Å²) in [6.45, 7) is 7.93. The number of carbonyl (C=O) groups is 1. The first-order chi connectivity index (χ1) is 10.2. The Hall–Kier alpha value is -1.18. The largest absolute Gasteiger partial charge is 0.351 e. The number of aryl methyl sites for hydroxylation is 1. The van der Waals surface area contributed by atoms with Crippen molar-refractivity contribution >= 4 is 41.2 Å². The summed E-state index contributed by atoms with van der Waals surface area (Å²) in [5.41, 5.74) is 1.89. The fraction of sp³-hybridized carbons (Fsp3) is 0.400. The lowest BCUT2D eigenvalue weighted by atomic mass is 10.1. The van der Waals surface area contributed by atoms with Gasteiger partial charge >= 0.3 is 0 Å². The molecule has 0 atom stereocenters. The summed E-state index contributed by atoms with van der Waals surface area (Å²) in [6.07, 6.45) is 0. The molecule has 4 nitrogen and oxygen atoms in total. The first-order valence-electron chi connectivity index (χ1n) is 6.86. The maximum Gasteiger partial charge on any atom is 0.230 e. The molecule has 1 N–H and O–H groups in total. The second kappa shape index (κ2) is 6.93. The number of amides is 1. The van der Waals surface area contributed by atoms with Crippen molar-refractivity contribution in [3.63, 3.8) is 0 Å². The maximum atomic E-state index is 11.9. The molecule has 0 radical (unpaired) electrons. The molecule has 0 saturated carbocycles. The van der Waals surface area contributed by atoms with E-state index in [4.69, 9.17) is 12.2 Å². The summed E-state index contributed by atoms with van der Waals surface area (Å²) in [5.74, 6) is 0.341. The van der Waals surface area contributed by atoms with Gasteiger partial charge in [0.2, 0.25) is 5.91 Å². The lowest BCUT2D eigenvalue weighted by molar-refractivity contribution is -0.119. The van der Waals surface area contributed by atoms with Gasteiger partial charge in [-0.3, -0.25) is 4.79 Å². The highest BCUT2D eigenvalue weighted by Crippen LogP contribution is 2.24. The van der Waals surface area contributed by atoms with E-state index < -0.39 is 0 Å². The molecule has 2 rings (SSSR count). The van der Waals surface area contributed by atoms with Crippen molar-refractivity contribution < 1.29 is 4.79 Å². The molecule has 1 amide bonds. The molecule has 0 spiro atoms. The molecule has 1 aromatic carbocycles. The third-order valence-corrected chi connectivity index (χ3v) is 4.98. The Morgan fingerprint density at radius 1 is 1.45 bits per heavy atom. The Labute approximate surface area is 143 Å². The summed E-state index contributed by atoms with van der Waals surface area (Å²) < 4.78 is 3.23. The van der Waals surface area contributed by atoms with E-state index >= 15 is 0 Å². The summed E-state index contributed by atoms with van der Waals surface area (Å²) >= 11 is 8.21. The predicted molar refractivity (Wildman–Crippen MR) is 95.6 cm³/mol. The van der Waals surface area contributed by atoms with Crippen molar-refractivity contribution in [2.45, 2.75) is 37.6 Å². The van der Waals surface area contributed by atoms with Crippen LogP contribution in [0.2, 0.25) is 0 Å². The lowest BCUT2D eigenvalue weighted by Gasteiger charge is -2.19. The van der Waals surface area contributed by atoms with Crippen LogP contribution in [0.4, 0.5) is 0 Å². The van der Waals surface area contributed by atoms with Crippen molar-refractivity contribution in [2.75, 3.05) is 5.75 Å². The normalized spacial score (nSPS) is 11.5. The number of nitrogens with one attached hydrogen (secondary N) is 1. The van der Waals surface area contributed by atoms with E-state index in [0.29, 0.717) is 9.71 Å². The molecule has 2 aromatic rings. The van der Waals surface area contributed by atoms with Gasteiger partial charge in [0.05, 0.1) is 11.4 Å². The van der Waals surface area contributed by atoms with E-state index in [2.05, 4.69) is 10.4 Å². The highest BCUT2D eigenvalue weighted by Gasteiger charge is 2.15. The van der Waals surface area contributed by atoms with Crippen molar-refractivity contribution in [1.29, 1.82) is 0 Å². The van der Waals surface area contributed by atoms with E-state index in [9.17, 15) is 4.79 Å². The lowest BCUT2D eigenvalue weighted by Crippen LogP contribution is -2.41. The molecule has 22 heavy (non-hydrogen) atoms. The van der Waals surface area contributed by atoms with Crippen LogP contribution < -0.4 is 5.32 Å². The summed E-state index contributed by atoms with van der Waals surface area (Å²) in [4.78, 5) is 11.9. The number of hydrogen-bond acceptors (Lipinski definition) is 5. The van der Waals surface area contributed by atoms with Crippen LogP contribution in [0.15, 0.2) is 28.6 Å². The molecule has 0 bridgehead atoms. The molecule has 0 fully saturated rings. The van der Waals surface area contributed by atoms with Crippen LogP contribution in [0.5, 0.6) is 0 Å². The van der Waals surface area contributed by atoms with Gasteiger partial charge in [-0.1, -0.05) is 35.2 Å². The van der Waals surface area contributed by atoms with Gasteiger partial charge in [-0.15, -0.1) is 5.10 Å². The monoisotopic (exact) mass is 353 g/mol. The fourth-order valence-corrected chi connectivity index (χ4v) is 3.98. The Balaban J connectivity index is 2.08. The highest BCUT2D eigenvalue weighted by atomic mass is 32.2. The van der Waals surface area contributed by atoms with Crippen LogP contribution >= 0.6 is 35.3 Å². The van der Waals surface area contributed by atoms with Gasteiger partial charge in [0.1, 0.15) is 0 Å². The zero-order valence-electron chi connectivity index (χ0n) is 13.0.